The van der Waals surface area contributed by atoms with Crippen molar-refractivity contribution in [1.82, 2.24) is 10.2 Å². The maximum absolute atomic E-state index is 12.5. The topological polar surface area (TPSA) is 49.4 Å². The maximum atomic E-state index is 12.5. The number of nitrogens with zero attached hydrogens (tertiary/aromatic N) is 1. The Morgan fingerprint density at radius 1 is 1.00 bits per heavy atom. The number of hydrogen-bond acceptors (Lipinski definition) is 2. The molecule has 1 heterocycles. The van der Waals surface area contributed by atoms with Gasteiger partial charge in [-0.3, -0.25) is 9.69 Å². The number of hydrogen-bond donors (Lipinski definition) is 1. The molecule has 4 nitrogen and oxygen atoms in total. The van der Waals surface area contributed by atoms with E-state index in [1.807, 2.05) is 48.5 Å². The molecular formula is C18H17ClN2O2. The molecular weight excluding hydrogens is 312 g/mol. The van der Waals surface area contributed by atoms with E-state index in [1.165, 1.54) is 4.90 Å². The Kier molecular flexibility index (Phi) is 4.63. The minimum absolute atomic E-state index is 0.189. The molecule has 1 aliphatic heterocycles. The van der Waals surface area contributed by atoms with Crippen molar-refractivity contribution in [3.05, 3.63) is 70.7 Å². The summed E-state index contributed by atoms with van der Waals surface area (Å²) in [6.07, 6.45) is 1.34. The molecule has 0 aromatic heterocycles. The molecule has 2 aromatic rings. The fourth-order valence-corrected chi connectivity index (χ4v) is 2.87. The summed E-state index contributed by atoms with van der Waals surface area (Å²) in [5, 5.41) is 3.31. The Balaban J connectivity index is 1.64. The number of urea groups is 1. The molecule has 1 fully saturated rings. The van der Waals surface area contributed by atoms with Gasteiger partial charge in [-0.05, 0) is 30.0 Å². The van der Waals surface area contributed by atoms with Crippen molar-refractivity contribution in [3.63, 3.8) is 0 Å². The van der Waals surface area contributed by atoms with Gasteiger partial charge in [0.05, 0.1) is 6.54 Å². The fraction of sp³-hybridized carbons (Fsp3) is 0.222. The lowest BCUT2D eigenvalue weighted by atomic mass is 10.1. The van der Waals surface area contributed by atoms with Crippen molar-refractivity contribution in [2.75, 3.05) is 0 Å². The van der Waals surface area contributed by atoms with Crippen LogP contribution in [0.5, 0.6) is 0 Å². The fourth-order valence-electron chi connectivity index (χ4n) is 2.67. The molecule has 3 rings (SSSR count). The van der Waals surface area contributed by atoms with Crippen LogP contribution in [0.2, 0.25) is 5.02 Å². The van der Waals surface area contributed by atoms with Gasteiger partial charge in [0.1, 0.15) is 6.04 Å². The van der Waals surface area contributed by atoms with Gasteiger partial charge in [0.15, 0.2) is 0 Å². The van der Waals surface area contributed by atoms with Crippen molar-refractivity contribution in [3.8, 4) is 0 Å². The minimum Gasteiger partial charge on any atom is -0.326 e. The lowest BCUT2D eigenvalue weighted by Gasteiger charge is -2.14. The van der Waals surface area contributed by atoms with Crippen molar-refractivity contribution < 1.29 is 9.59 Å². The normalized spacial score (nSPS) is 17.4. The molecule has 118 valence electrons. The number of carbonyl (C=O) groups is 2. The SMILES string of the molecule is O=C1N[C@H](CCc2ccccc2)C(=O)N1Cc1ccccc1Cl. The van der Waals surface area contributed by atoms with Crippen LogP contribution < -0.4 is 5.32 Å². The molecule has 23 heavy (non-hydrogen) atoms. The van der Waals surface area contributed by atoms with E-state index in [1.54, 1.807) is 6.07 Å². The lowest BCUT2D eigenvalue weighted by Crippen LogP contribution is -2.31. The van der Waals surface area contributed by atoms with E-state index in [4.69, 9.17) is 11.6 Å². The number of amides is 3. The van der Waals surface area contributed by atoms with Crippen LogP contribution in [0.25, 0.3) is 0 Å². The first-order valence-electron chi connectivity index (χ1n) is 7.54. The second-order valence-corrected chi connectivity index (χ2v) is 5.95. The summed E-state index contributed by atoms with van der Waals surface area (Å²) in [4.78, 5) is 25.8. The lowest BCUT2D eigenvalue weighted by molar-refractivity contribution is -0.128. The van der Waals surface area contributed by atoms with E-state index in [0.29, 0.717) is 11.4 Å². The number of nitrogens with one attached hydrogen (secondary N) is 1. The van der Waals surface area contributed by atoms with Gasteiger partial charge in [0.25, 0.3) is 5.91 Å². The molecule has 2 aromatic carbocycles. The summed E-state index contributed by atoms with van der Waals surface area (Å²) in [6.45, 7) is 0.201. The first-order valence-corrected chi connectivity index (χ1v) is 7.92. The second-order valence-electron chi connectivity index (χ2n) is 5.54. The van der Waals surface area contributed by atoms with Crippen molar-refractivity contribution in [2.24, 2.45) is 0 Å². The quantitative estimate of drug-likeness (QED) is 0.855. The third kappa shape index (κ3) is 3.54. The van der Waals surface area contributed by atoms with E-state index in [9.17, 15) is 9.59 Å². The van der Waals surface area contributed by atoms with Crippen molar-refractivity contribution >= 4 is 23.5 Å². The Morgan fingerprint density at radius 2 is 1.70 bits per heavy atom. The summed E-state index contributed by atoms with van der Waals surface area (Å²) in [5.41, 5.74) is 1.92. The second kappa shape index (κ2) is 6.84. The third-order valence-corrected chi connectivity index (χ3v) is 4.33. The highest BCUT2D eigenvalue weighted by atomic mass is 35.5. The monoisotopic (exact) mass is 328 g/mol. The van der Waals surface area contributed by atoms with Crippen LogP contribution in [0, 0.1) is 0 Å². The number of carbonyl (C=O) groups excluding carboxylic acids is 2. The summed E-state index contributed by atoms with van der Waals surface area (Å²) >= 11 is 6.11. The summed E-state index contributed by atoms with van der Waals surface area (Å²) in [6, 6.07) is 16.3. The predicted molar refractivity (Wildman–Crippen MR) is 89.1 cm³/mol. The number of imide groups is 1. The van der Waals surface area contributed by atoms with Crippen LogP contribution >= 0.6 is 11.6 Å². The molecule has 0 spiro atoms. The molecule has 0 bridgehead atoms. The molecule has 1 N–H and O–H groups in total. The number of rotatable bonds is 5. The van der Waals surface area contributed by atoms with Crippen LogP contribution in [0.4, 0.5) is 4.79 Å². The van der Waals surface area contributed by atoms with Crippen LogP contribution in [0.3, 0.4) is 0 Å². The zero-order valence-electron chi connectivity index (χ0n) is 12.5. The zero-order valence-corrected chi connectivity index (χ0v) is 13.3. The molecule has 0 unspecified atom stereocenters. The van der Waals surface area contributed by atoms with Gasteiger partial charge in [-0.2, -0.15) is 0 Å². The molecule has 0 radical (unpaired) electrons. The van der Waals surface area contributed by atoms with Crippen LogP contribution in [-0.4, -0.2) is 22.9 Å². The molecule has 0 saturated carbocycles. The Morgan fingerprint density at radius 3 is 2.43 bits per heavy atom. The molecule has 1 saturated heterocycles. The Labute approximate surface area is 140 Å². The average molecular weight is 329 g/mol. The van der Waals surface area contributed by atoms with E-state index >= 15 is 0 Å². The van der Waals surface area contributed by atoms with Crippen LogP contribution in [0.15, 0.2) is 54.6 Å². The summed E-state index contributed by atoms with van der Waals surface area (Å²) in [5.74, 6) is -0.189. The average Bonchev–Trinajstić information content (AvgIpc) is 2.83. The van der Waals surface area contributed by atoms with Gasteiger partial charge in [0.2, 0.25) is 0 Å². The molecule has 3 amide bonds. The van der Waals surface area contributed by atoms with E-state index in [2.05, 4.69) is 5.32 Å². The third-order valence-electron chi connectivity index (χ3n) is 3.96. The van der Waals surface area contributed by atoms with Gasteiger partial charge < -0.3 is 5.32 Å². The summed E-state index contributed by atoms with van der Waals surface area (Å²) < 4.78 is 0. The Bertz CT molecular complexity index is 718. The van der Waals surface area contributed by atoms with Crippen molar-refractivity contribution in [1.29, 1.82) is 0 Å². The van der Waals surface area contributed by atoms with E-state index < -0.39 is 6.04 Å². The Hall–Kier alpha value is -2.33. The minimum atomic E-state index is -0.467. The largest absolute Gasteiger partial charge is 0.326 e. The van der Waals surface area contributed by atoms with E-state index in [0.717, 1.165) is 17.5 Å². The van der Waals surface area contributed by atoms with Gasteiger partial charge in [0, 0.05) is 5.02 Å². The van der Waals surface area contributed by atoms with E-state index in [-0.39, 0.29) is 18.5 Å². The first kappa shape index (κ1) is 15.6. The number of benzene rings is 2. The number of aryl methyl sites for hydroxylation is 1. The highest BCUT2D eigenvalue weighted by molar-refractivity contribution is 6.31. The molecule has 0 aliphatic carbocycles. The number of halogens is 1. The molecule has 1 aliphatic rings. The van der Waals surface area contributed by atoms with Crippen LogP contribution in [-0.2, 0) is 17.8 Å². The first-order chi connectivity index (χ1) is 11.1. The highest BCUT2D eigenvalue weighted by Gasteiger charge is 2.37. The maximum Gasteiger partial charge on any atom is 0.325 e. The van der Waals surface area contributed by atoms with Gasteiger partial charge in [-0.15, -0.1) is 0 Å². The van der Waals surface area contributed by atoms with Crippen molar-refractivity contribution in [2.45, 2.75) is 25.4 Å². The molecule has 1 atom stereocenters. The smallest absolute Gasteiger partial charge is 0.325 e. The van der Waals surface area contributed by atoms with Crippen LogP contribution in [0.1, 0.15) is 17.5 Å². The van der Waals surface area contributed by atoms with Gasteiger partial charge >= 0.3 is 6.03 Å². The standard InChI is InChI=1S/C18H17ClN2O2/c19-15-9-5-4-8-14(15)12-21-17(22)16(20-18(21)23)11-10-13-6-2-1-3-7-13/h1-9,16H,10-12H2,(H,20,23)/t16-/m1/s1. The van der Waals surface area contributed by atoms with Gasteiger partial charge in [-0.25, -0.2) is 4.79 Å². The zero-order chi connectivity index (χ0) is 16.2. The molecule has 5 heteroatoms. The highest BCUT2D eigenvalue weighted by Crippen LogP contribution is 2.20. The van der Waals surface area contributed by atoms with Gasteiger partial charge in [-0.1, -0.05) is 60.1 Å². The predicted octanol–water partition coefficient (Wildman–Crippen LogP) is 3.39. The summed E-state index contributed by atoms with van der Waals surface area (Å²) in [7, 11) is 0.